The van der Waals surface area contributed by atoms with Crippen LogP contribution in [0.3, 0.4) is 0 Å². The molecule has 12 heavy (non-hydrogen) atoms. The molecular formula is C9H12NOS+. The van der Waals surface area contributed by atoms with Crippen molar-refractivity contribution in [2.75, 3.05) is 6.61 Å². The summed E-state index contributed by atoms with van der Waals surface area (Å²) in [4.78, 5) is 1.22. The molecule has 64 valence electrons. The Kier molecular flexibility index (Phi) is 3.27. The van der Waals surface area contributed by atoms with E-state index in [4.69, 9.17) is 11.5 Å². The molecular weight excluding hydrogens is 170 g/mol. The standard InChI is InChI=1S/C9H12NOS/c1-3-5-10-7-12-9(4-6-11)8(10)2/h1,7,11H,4-6H2,2H3/q+1. The monoisotopic (exact) mass is 182 g/mol. The van der Waals surface area contributed by atoms with Crippen LogP contribution >= 0.6 is 11.3 Å². The fourth-order valence-corrected chi connectivity index (χ4v) is 2.03. The van der Waals surface area contributed by atoms with Crippen LogP contribution in [0.1, 0.15) is 10.6 Å². The highest BCUT2D eigenvalue weighted by molar-refractivity contribution is 7.09. The zero-order chi connectivity index (χ0) is 8.97. The summed E-state index contributed by atoms with van der Waals surface area (Å²) in [5, 5.41) is 8.74. The quantitative estimate of drug-likeness (QED) is 0.534. The van der Waals surface area contributed by atoms with Crippen LogP contribution in [-0.4, -0.2) is 11.7 Å². The first-order valence-electron chi connectivity index (χ1n) is 3.80. The van der Waals surface area contributed by atoms with E-state index in [1.54, 1.807) is 11.3 Å². The predicted molar refractivity (Wildman–Crippen MR) is 48.9 cm³/mol. The Morgan fingerprint density at radius 3 is 3.08 bits per heavy atom. The molecule has 0 radical (unpaired) electrons. The average molecular weight is 182 g/mol. The third-order valence-electron chi connectivity index (χ3n) is 1.76. The second-order valence-electron chi connectivity index (χ2n) is 2.54. The molecule has 1 aromatic heterocycles. The van der Waals surface area contributed by atoms with Gasteiger partial charge in [-0.3, -0.25) is 0 Å². The summed E-state index contributed by atoms with van der Waals surface area (Å²) in [5.41, 5.74) is 3.17. The van der Waals surface area contributed by atoms with E-state index in [0.29, 0.717) is 6.54 Å². The van der Waals surface area contributed by atoms with E-state index in [-0.39, 0.29) is 6.61 Å². The Morgan fingerprint density at radius 2 is 2.50 bits per heavy atom. The van der Waals surface area contributed by atoms with Gasteiger partial charge in [0.15, 0.2) is 5.69 Å². The number of rotatable bonds is 3. The van der Waals surface area contributed by atoms with Crippen LogP contribution in [0, 0.1) is 19.3 Å². The second-order valence-corrected chi connectivity index (χ2v) is 3.48. The van der Waals surface area contributed by atoms with Gasteiger partial charge in [-0.25, -0.2) is 0 Å². The average Bonchev–Trinajstić information content (AvgIpc) is 2.38. The summed E-state index contributed by atoms with van der Waals surface area (Å²) in [6.07, 6.45) is 5.93. The first-order chi connectivity index (χ1) is 5.79. The molecule has 0 fully saturated rings. The molecule has 0 saturated heterocycles. The normalized spacial score (nSPS) is 9.75. The van der Waals surface area contributed by atoms with Crippen molar-refractivity contribution >= 4 is 11.3 Å². The third kappa shape index (κ3) is 1.84. The molecule has 0 aliphatic carbocycles. The smallest absolute Gasteiger partial charge is 0.226 e. The number of aromatic nitrogens is 1. The van der Waals surface area contributed by atoms with Crippen molar-refractivity contribution in [2.45, 2.75) is 19.9 Å². The molecule has 0 unspecified atom stereocenters. The lowest BCUT2D eigenvalue weighted by molar-refractivity contribution is -0.686. The van der Waals surface area contributed by atoms with E-state index in [0.717, 1.165) is 6.42 Å². The SMILES string of the molecule is C#CC[n+]1csc(CCO)c1C. The fraction of sp³-hybridized carbons (Fsp3) is 0.444. The molecule has 0 spiro atoms. The Labute approximate surface area is 76.5 Å². The maximum Gasteiger partial charge on any atom is 0.226 e. The molecule has 0 amide bonds. The molecule has 2 nitrogen and oxygen atoms in total. The van der Waals surface area contributed by atoms with Gasteiger partial charge in [-0.15, -0.1) is 6.42 Å². The molecule has 0 aliphatic rings. The summed E-state index contributed by atoms with van der Waals surface area (Å²) in [5.74, 6) is 2.59. The Hall–Kier alpha value is -0.850. The maximum absolute atomic E-state index is 8.74. The van der Waals surface area contributed by atoms with Crippen molar-refractivity contribution in [3.63, 3.8) is 0 Å². The van der Waals surface area contributed by atoms with Crippen molar-refractivity contribution in [2.24, 2.45) is 0 Å². The lowest BCUT2D eigenvalue weighted by Gasteiger charge is -1.90. The van der Waals surface area contributed by atoms with Gasteiger partial charge < -0.3 is 5.11 Å². The Bertz CT molecular complexity index is 298. The van der Waals surface area contributed by atoms with Gasteiger partial charge in [0, 0.05) is 20.0 Å². The molecule has 0 saturated carbocycles. The number of aliphatic hydroxyl groups is 1. The molecule has 0 aromatic carbocycles. The molecule has 1 heterocycles. The highest BCUT2D eigenvalue weighted by atomic mass is 32.1. The number of hydrogen-bond donors (Lipinski definition) is 1. The van der Waals surface area contributed by atoms with Crippen LogP contribution in [0.5, 0.6) is 0 Å². The van der Waals surface area contributed by atoms with Gasteiger partial charge in [-0.2, -0.15) is 4.57 Å². The maximum atomic E-state index is 8.74. The highest BCUT2D eigenvalue weighted by Gasteiger charge is 2.12. The van der Waals surface area contributed by atoms with Gasteiger partial charge in [-0.1, -0.05) is 11.3 Å². The fourth-order valence-electron chi connectivity index (χ4n) is 1.05. The summed E-state index contributed by atoms with van der Waals surface area (Å²) in [6.45, 7) is 2.85. The van der Waals surface area contributed by atoms with Gasteiger partial charge in [0.2, 0.25) is 12.1 Å². The van der Waals surface area contributed by atoms with Crippen LogP contribution in [-0.2, 0) is 13.0 Å². The molecule has 1 N–H and O–H groups in total. The highest BCUT2D eigenvalue weighted by Crippen LogP contribution is 2.10. The van der Waals surface area contributed by atoms with Crippen LogP contribution in [0.25, 0.3) is 0 Å². The summed E-state index contributed by atoms with van der Waals surface area (Å²) in [6, 6.07) is 0. The van der Waals surface area contributed by atoms with Crippen LogP contribution in [0.4, 0.5) is 0 Å². The first-order valence-corrected chi connectivity index (χ1v) is 4.68. The van der Waals surface area contributed by atoms with Gasteiger partial charge in [0.1, 0.15) is 0 Å². The van der Waals surface area contributed by atoms with Gasteiger partial charge >= 0.3 is 0 Å². The zero-order valence-electron chi connectivity index (χ0n) is 7.08. The largest absolute Gasteiger partial charge is 0.396 e. The zero-order valence-corrected chi connectivity index (χ0v) is 7.90. The second kappa shape index (κ2) is 4.24. The molecule has 0 aliphatic heterocycles. The Balaban J connectivity index is 2.82. The lowest BCUT2D eigenvalue weighted by Crippen LogP contribution is -2.33. The third-order valence-corrected chi connectivity index (χ3v) is 2.90. The van der Waals surface area contributed by atoms with Crippen LogP contribution in [0.15, 0.2) is 5.51 Å². The minimum Gasteiger partial charge on any atom is -0.396 e. The lowest BCUT2D eigenvalue weighted by atomic mass is 10.3. The minimum absolute atomic E-state index is 0.206. The minimum atomic E-state index is 0.206. The van der Waals surface area contributed by atoms with Gasteiger partial charge in [0.05, 0.1) is 4.88 Å². The van der Waals surface area contributed by atoms with E-state index in [1.807, 2.05) is 17.0 Å². The van der Waals surface area contributed by atoms with Crippen molar-refractivity contribution in [1.29, 1.82) is 0 Å². The van der Waals surface area contributed by atoms with E-state index in [2.05, 4.69) is 5.92 Å². The summed E-state index contributed by atoms with van der Waals surface area (Å²) < 4.78 is 2.02. The van der Waals surface area contributed by atoms with Crippen LogP contribution in [0.2, 0.25) is 0 Å². The van der Waals surface area contributed by atoms with Crippen molar-refractivity contribution in [3.05, 3.63) is 16.1 Å². The van der Waals surface area contributed by atoms with Crippen LogP contribution < -0.4 is 4.57 Å². The molecule has 0 bridgehead atoms. The van der Waals surface area contributed by atoms with Crippen molar-refractivity contribution in [1.82, 2.24) is 0 Å². The molecule has 1 rings (SSSR count). The number of terminal acetylenes is 1. The number of thiazole rings is 1. The van der Waals surface area contributed by atoms with Gasteiger partial charge in [-0.05, 0) is 5.92 Å². The topological polar surface area (TPSA) is 24.1 Å². The predicted octanol–water partition coefficient (Wildman–Crippen LogP) is 0.512. The van der Waals surface area contributed by atoms with E-state index in [9.17, 15) is 0 Å². The first kappa shape index (κ1) is 9.24. The van der Waals surface area contributed by atoms with Crippen molar-refractivity contribution in [3.8, 4) is 12.3 Å². The van der Waals surface area contributed by atoms with E-state index < -0.39 is 0 Å². The molecule has 3 heteroatoms. The summed E-state index contributed by atoms with van der Waals surface area (Å²) in [7, 11) is 0. The van der Waals surface area contributed by atoms with E-state index in [1.165, 1.54) is 10.6 Å². The van der Waals surface area contributed by atoms with E-state index >= 15 is 0 Å². The number of nitrogens with zero attached hydrogens (tertiary/aromatic N) is 1. The molecule has 1 aromatic rings. The number of aliphatic hydroxyl groups excluding tert-OH is 1. The summed E-state index contributed by atoms with van der Waals surface area (Å²) >= 11 is 1.65. The van der Waals surface area contributed by atoms with Crippen molar-refractivity contribution < 1.29 is 9.67 Å². The Morgan fingerprint density at radius 1 is 1.75 bits per heavy atom. The van der Waals surface area contributed by atoms with Gasteiger partial charge in [0.25, 0.3) is 0 Å². The number of hydrogen-bond acceptors (Lipinski definition) is 2. The molecule has 0 atom stereocenters.